The fraction of sp³-hybridized carbons (Fsp3) is 0.538. The van der Waals surface area contributed by atoms with Crippen LogP contribution in [0.3, 0.4) is 0 Å². The maximum Gasteiger partial charge on any atom is 0.104 e. The largest absolute Gasteiger partial charge is 0.399 e. The van der Waals surface area contributed by atoms with Gasteiger partial charge < -0.3 is 20.1 Å². The monoisotopic (exact) mass is 236 g/mol. The molecule has 94 valence electrons. The van der Waals surface area contributed by atoms with E-state index in [4.69, 9.17) is 15.2 Å². The van der Waals surface area contributed by atoms with Gasteiger partial charge in [0.2, 0.25) is 0 Å². The summed E-state index contributed by atoms with van der Waals surface area (Å²) in [5.41, 5.74) is 7.66. The fourth-order valence-corrected chi connectivity index (χ4v) is 1.71. The highest BCUT2D eigenvalue weighted by atomic mass is 16.6. The zero-order chi connectivity index (χ0) is 12.1. The maximum absolute atomic E-state index is 5.67. The van der Waals surface area contributed by atoms with Crippen molar-refractivity contribution in [3.63, 3.8) is 0 Å². The van der Waals surface area contributed by atoms with Crippen molar-refractivity contribution in [1.29, 1.82) is 0 Å². The van der Waals surface area contributed by atoms with Crippen molar-refractivity contribution >= 4 is 11.4 Å². The first-order valence-electron chi connectivity index (χ1n) is 6.09. The Bertz CT molecular complexity index is 336. The minimum atomic E-state index is 0.349. The van der Waals surface area contributed by atoms with Crippen LogP contribution in [0.25, 0.3) is 0 Å². The van der Waals surface area contributed by atoms with Crippen molar-refractivity contribution in [2.45, 2.75) is 13.0 Å². The first-order chi connectivity index (χ1) is 8.29. The van der Waals surface area contributed by atoms with E-state index in [1.807, 2.05) is 24.3 Å². The molecule has 1 aliphatic rings. The van der Waals surface area contributed by atoms with E-state index in [2.05, 4.69) is 11.8 Å². The van der Waals surface area contributed by atoms with Gasteiger partial charge in [-0.1, -0.05) is 0 Å². The van der Waals surface area contributed by atoms with Gasteiger partial charge >= 0.3 is 0 Å². The lowest BCUT2D eigenvalue weighted by Gasteiger charge is -2.23. The summed E-state index contributed by atoms with van der Waals surface area (Å²) >= 11 is 0. The van der Waals surface area contributed by atoms with Crippen molar-refractivity contribution in [3.8, 4) is 0 Å². The number of hydrogen-bond acceptors (Lipinski definition) is 4. The van der Waals surface area contributed by atoms with Crippen LogP contribution < -0.4 is 10.6 Å². The van der Waals surface area contributed by atoms with Gasteiger partial charge in [0.25, 0.3) is 0 Å². The molecule has 2 rings (SSSR count). The van der Waals surface area contributed by atoms with Crippen LogP contribution in [-0.2, 0) is 9.47 Å². The summed E-state index contributed by atoms with van der Waals surface area (Å²) in [7, 11) is 0. The van der Waals surface area contributed by atoms with E-state index in [-0.39, 0.29) is 0 Å². The summed E-state index contributed by atoms with van der Waals surface area (Å²) in [6, 6.07) is 7.94. The van der Waals surface area contributed by atoms with E-state index >= 15 is 0 Å². The van der Waals surface area contributed by atoms with E-state index in [1.54, 1.807) is 0 Å². The molecule has 4 nitrogen and oxygen atoms in total. The lowest BCUT2D eigenvalue weighted by molar-refractivity contribution is 0.122. The number of epoxide rings is 1. The third-order valence-electron chi connectivity index (χ3n) is 2.85. The SMILES string of the molecule is CCN(CCOCC1CO1)c1ccc(N)cc1. The van der Waals surface area contributed by atoms with Gasteiger partial charge in [0.05, 0.1) is 19.8 Å². The molecular weight excluding hydrogens is 216 g/mol. The number of likely N-dealkylation sites (N-methyl/N-ethyl adjacent to an activating group) is 1. The second-order valence-corrected chi connectivity index (χ2v) is 4.20. The van der Waals surface area contributed by atoms with E-state index in [9.17, 15) is 0 Å². The minimum absolute atomic E-state index is 0.349. The van der Waals surface area contributed by atoms with Gasteiger partial charge in [0.15, 0.2) is 0 Å². The number of nitrogens with zero attached hydrogens (tertiary/aromatic N) is 1. The standard InChI is InChI=1S/C13H20N2O2/c1-2-15(7-8-16-9-13-10-17-13)12-5-3-11(14)4-6-12/h3-6,13H,2,7-10,14H2,1H3. The normalized spacial score (nSPS) is 18.1. The van der Waals surface area contributed by atoms with Crippen LogP contribution in [0.5, 0.6) is 0 Å². The molecule has 1 heterocycles. The highest BCUT2D eigenvalue weighted by Gasteiger charge is 2.22. The summed E-state index contributed by atoms with van der Waals surface area (Å²) in [4.78, 5) is 2.27. The highest BCUT2D eigenvalue weighted by molar-refractivity contribution is 5.52. The summed E-state index contributed by atoms with van der Waals surface area (Å²) in [5, 5.41) is 0. The number of ether oxygens (including phenoxy) is 2. The topological polar surface area (TPSA) is 51.0 Å². The number of nitrogen functional groups attached to an aromatic ring is 1. The van der Waals surface area contributed by atoms with Gasteiger partial charge in [-0.15, -0.1) is 0 Å². The Kier molecular flexibility index (Phi) is 4.23. The molecule has 1 atom stereocenters. The molecule has 1 fully saturated rings. The summed E-state index contributed by atoms with van der Waals surface area (Å²) in [5.74, 6) is 0. The van der Waals surface area contributed by atoms with E-state index in [0.29, 0.717) is 6.10 Å². The van der Waals surface area contributed by atoms with Gasteiger partial charge in [0.1, 0.15) is 6.10 Å². The van der Waals surface area contributed by atoms with Crippen molar-refractivity contribution < 1.29 is 9.47 Å². The molecule has 1 unspecified atom stereocenters. The molecule has 0 radical (unpaired) electrons. The third kappa shape index (κ3) is 3.91. The smallest absolute Gasteiger partial charge is 0.104 e. The van der Waals surface area contributed by atoms with Gasteiger partial charge in [-0.2, -0.15) is 0 Å². The molecule has 0 saturated carbocycles. The summed E-state index contributed by atoms with van der Waals surface area (Å²) < 4.78 is 10.6. The quantitative estimate of drug-likeness (QED) is 0.443. The first-order valence-corrected chi connectivity index (χ1v) is 6.09. The van der Waals surface area contributed by atoms with Crippen LogP contribution in [0, 0.1) is 0 Å². The number of anilines is 2. The number of rotatable bonds is 7. The summed E-state index contributed by atoms with van der Waals surface area (Å²) in [6.45, 7) is 6.31. The molecule has 0 amide bonds. The molecule has 0 bridgehead atoms. The predicted octanol–water partition coefficient (Wildman–Crippen LogP) is 1.51. The molecule has 2 N–H and O–H groups in total. The molecule has 1 aromatic carbocycles. The molecule has 0 aliphatic carbocycles. The first kappa shape index (κ1) is 12.2. The molecule has 0 spiro atoms. The molecule has 0 aromatic heterocycles. The van der Waals surface area contributed by atoms with Crippen LogP contribution in [0.2, 0.25) is 0 Å². The van der Waals surface area contributed by atoms with Gasteiger partial charge in [-0.05, 0) is 31.2 Å². The van der Waals surface area contributed by atoms with Crippen molar-refractivity contribution in [2.24, 2.45) is 0 Å². The Balaban J connectivity index is 1.76. The molecule has 17 heavy (non-hydrogen) atoms. The average molecular weight is 236 g/mol. The van der Waals surface area contributed by atoms with Gasteiger partial charge in [-0.3, -0.25) is 0 Å². The Morgan fingerprint density at radius 1 is 1.41 bits per heavy atom. The van der Waals surface area contributed by atoms with E-state index in [0.717, 1.165) is 38.6 Å². The van der Waals surface area contributed by atoms with Crippen molar-refractivity contribution in [1.82, 2.24) is 0 Å². The number of hydrogen-bond donors (Lipinski definition) is 1. The van der Waals surface area contributed by atoms with Crippen LogP contribution >= 0.6 is 0 Å². The van der Waals surface area contributed by atoms with Crippen LogP contribution in [0.4, 0.5) is 11.4 Å². The maximum atomic E-state index is 5.67. The fourth-order valence-electron chi connectivity index (χ4n) is 1.71. The summed E-state index contributed by atoms with van der Waals surface area (Å²) in [6.07, 6.45) is 0.349. The number of benzene rings is 1. The minimum Gasteiger partial charge on any atom is -0.399 e. The van der Waals surface area contributed by atoms with Crippen LogP contribution in [0.15, 0.2) is 24.3 Å². The van der Waals surface area contributed by atoms with Gasteiger partial charge in [0, 0.05) is 24.5 Å². The third-order valence-corrected chi connectivity index (χ3v) is 2.85. The predicted molar refractivity (Wildman–Crippen MR) is 69.3 cm³/mol. The zero-order valence-corrected chi connectivity index (χ0v) is 10.3. The van der Waals surface area contributed by atoms with Crippen LogP contribution in [0.1, 0.15) is 6.92 Å². The second-order valence-electron chi connectivity index (χ2n) is 4.20. The van der Waals surface area contributed by atoms with Gasteiger partial charge in [-0.25, -0.2) is 0 Å². The molecule has 1 aromatic rings. The molecule has 1 saturated heterocycles. The van der Waals surface area contributed by atoms with Crippen molar-refractivity contribution in [3.05, 3.63) is 24.3 Å². The molecule has 4 heteroatoms. The Hall–Kier alpha value is -1.26. The zero-order valence-electron chi connectivity index (χ0n) is 10.3. The average Bonchev–Trinajstić information content (AvgIpc) is 3.15. The van der Waals surface area contributed by atoms with E-state index < -0.39 is 0 Å². The Morgan fingerprint density at radius 3 is 2.71 bits per heavy atom. The number of nitrogens with two attached hydrogens (primary N) is 1. The lowest BCUT2D eigenvalue weighted by atomic mass is 10.2. The lowest BCUT2D eigenvalue weighted by Crippen LogP contribution is -2.27. The van der Waals surface area contributed by atoms with E-state index in [1.165, 1.54) is 5.69 Å². The highest BCUT2D eigenvalue weighted by Crippen LogP contribution is 2.16. The molecule has 1 aliphatic heterocycles. The molecular formula is C13H20N2O2. The van der Waals surface area contributed by atoms with Crippen molar-refractivity contribution in [2.75, 3.05) is 43.5 Å². The Morgan fingerprint density at radius 2 is 2.12 bits per heavy atom. The van der Waals surface area contributed by atoms with Crippen LogP contribution in [-0.4, -0.2) is 39.0 Å². The second kappa shape index (κ2) is 5.89. The Labute approximate surface area is 102 Å².